The van der Waals surface area contributed by atoms with Crippen molar-refractivity contribution < 1.29 is 15.0 Å². The summed E-state index contributed by atoms with van der Waals surface area (Å²) in [6.45, 7) is 0. The highest BCUT2D eigenvalue weighted by Gasteiger charge is 2.35. The van der Waals surface area contributed by atoms with E-state index in [0.717, 1.165) is 17.5 Å². The summed E-state index contributed by atoms with van der Waals surface area (Å²) in [5.74, 6) is -1.45. The number of aliphatic hydroxyl groups is 1. The molecule has 0 amide bonds. The van der Waals surface area contributed by atoms with Gasteiger partial charge in [0.2, 0.25) is 0 Å². The molecule has 0 aliphatic heterocycles. The van der Waals surface area contributed by atoms with Crippen LogP contribution in [-0.2, 0) is 11.2 Å². The minimum absolute atomic E-state index is 0.396. The molecule has 0 heterocycles. The van der Waals surface area contributed by atoms with Gasteiger partial charge in [-0.05, 0) is 24.0 Å². The van der Waals surface area contributed by atoms with Gasteiger partial charge in [-0.1, -0.05) is 24.3 Å². The van der Waals surface area contributed by atoms with Crippen LogP contribution < -0.4 is 5.73 Å². The Balaban J connectivity index is 2.27. The Bertz CT molecular complexity index is 405. The van der Waals surface area contributed by atoms with Crippen LogP contribution in [0, 0.1) is 5.92 Å². The lowest BCUT2D eigenvalue weighted by Gasteiger charge is -2.32. The maximum absolute atomic E-state index is 10.8. The number of fused-ring (bicyclic) bond motifs is 1. The number of nitrogens with two attached hydrogens (primary N) is 1. The van der Waals surface area contributed by atoms with Gasteiger partial charge in [0.1, 0.15) is 6.04 Å². The predicted molar refractivity (Wildman–Crippen MR) is 58.8 cm³/mol. The molecule has 1 aromatic rings. The summed E-state index contributed by atoms with van der Waals surface area (Å²) < 4.78 is 0. The quantitative estimate of drug-likeness (QED) is 0.686. The molecule has 16 heavy (non-hydrogen) atoms. The number of carbonyl (C=O) groups is 1. The standard InChI is InChI=1S/C12H15NO3/c13-10(12(15)16)9-6-5-7-3-1-2-4-8(7)11(9)14/h1-4,9-11,14H,5-6,13H2,(H,15,16)/t9-,10-,11-/m1/s1. The number of aryl methyl sites for hydroxylation is 1. The Morgan fingerprint density at radius 3 is 2.81 bits per heavy atom. The largest absolute Gasteiger partial charge is 0.480 e. The average molecular weight is 221 g/mol. The van der Waals surface area contributed by atoms with E-state index in [1.165, 1.54) is 0 Å². The molecule has 0 fully saturated rings. The normalized spacial score (nSPS) is 25.9. The molecule has 1 aliphatic rings. The number of aliphatic hydroxyl groups excluding tert-OH is 1. The molecule has 0 unspecified atom stereocenters. The molecular formula is C12H15NO3. The molecule has 0 saturated heterocycles. The lowest BCUT2D eigenvalue weighted by molar-refractivity contribution is -0.141. The van der Waals surface area contributed by atoms with Crippen LogP contribution in [0.5, 0.6) is 0 Å². The minimum Gasteiger partial charge on any atom is -0.480 e. The third kappa shape index (κ3) is 1.81. The summed E-state index contributed by atoms with van der Waals surface area (Å²) in [6, 6.07) is 6.56. The number of rotatable bonds is 2. The van der Waals surface area contributed by atoms with Crippen LogP contribution in [0.25, 0.3) is 0 Å². The topological polar surface area (TPSA) is 83.6 Å². The van der Waals surface area contributed by atoms with Crippen LogP contribution in [0.15, 0.2) is 24.3 Å². The van der Waals surface area contributed by atoms with E-state index in [0.29, 0.717) is 6.42 Å². The van der Waals surface area contributed by atoms with E-state index in [-0.39, 0.29) is 0 Å². The summed E-state index contributed by atoms with van der Waals surface area (Å²) >= 11 is 0. The summed E-state index contributed by atoms with van der Waals surface area (Å²) in [5, 5.41) is 19.0. The molecule has 1 aromatic carbocycles. The van der Waals surface area contributed by atoms with E-state index in [1.807, 2.05) is 24.3 Å². The van der Waals surface area contributed by atoms with Gasteiger partial charge in [0.05, 0.1) is 6.10 Å². The molecular weight excluding hydrogens is 206 g/mol. The first-order valence-corrected chi connectivity index (χ1v) is 5.35. The summed E-state index contributed by atoms with van der Waals surface area (Å²) in [4.78, 5) is 10.8. The molecule has 0 aromatic heterocycles. The Morgan fingerprint density at radius 1 is 1.44 bits per heavy atom. The van der Waals surface area contributed by atoms with E-state index < -0.39 is 24.0 Å². The average Bonchev–Trinajstić information content (AvgIpc) is 2.29. The van der Waals surface area contributed by atoms with Crippen molar-refractivity contribution in [3.8, 4) is 0 Å². The van der Waals surface area contributed by atoms with Crippen molar-refractivity contribution in [3.63, 3.8) is 0 Å². The van der Waals surface area contributed by atoms with Gasteiger partial charge in [-0.15, -0.1) is 0 Å². The second kappa shape index (κ2) is 4.23. The number of aliphatic carboxylic acids is 1. The van der Waals surface area contributed by atoms with Crippen LogP contribution in [-0.4, -0.2) is 22.2 Å². The highest BCUT2D eigenvalue weighted by Crippen LogP contribution is 2.35. The van der Waals surface area contributed by atoms with Gasteiger partial charge < -0.3 is 15.9 Å². The first kappa shape index (κ1) is 11.1. The zero-order valence-electron chi connectivity index (χ0n) is 8.84. The molecule has 1 aliphatic carbocycles. The van der Waals surface area contributed by atoms with Crippen molar-refractivity contribution in [2.24, 2.45) is 11.7 Å². The Morgan fingerprint density at radius 2 is 2.12 bits per heavy atom. The van der Waals surface area contributed by atoms with Crippen molar-refractivity contribution in [2.45, 2.75) is 25.0 Å². The molecule has 3 atom stereocenters. The van der Waals surface area contributed by atoms with Crippen LogP contribution in [0.1, 0.15) is 23.7 Å². The molecule has 4 N–H and O–H groups in total. The van der Waals surface area contributed by atoms with E-state index in [9.17, 15) is 9.90 Å². The van der Waals surface area contributed by atoms with Crippen LogP contribution in [0.2, 0.25) is 0 Å². The maximum Gasteiger partial charge on any atom is 0.320 e. The van der Waals surface area contributed by atoms with Crippen LogP contribution >= 0.6 is 0 Å². The lowest BCUT2D eigenvalue weighted by Crippen LogP contribution is -2.42. The predicted octanol–water partition coefficient (Wildman–Crippen LogP) is 0.694. The Kier molecular flexibility index (Phi) is 2.94. The fourth-order valence-corrected chi connectivity index (χ4v) is 2.32. The summed E-state index contributed by atoms with van der Waals surface area (Å²) in [7, 11) is 0. The molecule has 0 spiro atoms. The molecule has 2 rings (SSSR count). The number of benzene rings is 1. The maximum atomic E-state index is 10.8. The summed E-state index contributed by atoms with van der Waals surface area (Å²) in [6.07, 6.45) is 0.626. The SMILES string of the molecule is N[C@@H](C(=O)O)[C@H]1CCc2ccccc2[C@H]1O. The number of hydrogen-bond acceptors (Lipinski definition) is 3. The zero-order chi connectivity index (χ0) is 11.7. The van der Waals surface area contributed by atoms with E-state index in [4.69, 9.17) is 10.8 Å². The molecule has 0 bridgehead atoms. The molecule has 0 saturated carbocycles. The molecule has 4 nitrogen and oxygen atoms in total. The van der Waals surface area contributed by atoms with Gasteiger partial charge in [0.15, 0.2) is 0 Å². The zero-order valence-corrected chi connectivity index (χ0v) is 8.84. The van der Waals surface area contributed by atoms with Gasteiger partial charge in [-0.2, -0.15) is 0 Å². The number of carboxylic acids is 1. The lowest BCUT2D eigenvalue weighted by atomic mass is 9.78. The highest BCUT2D eigenvalue weighted by molar-refractivity contribution is 5.73. The van der Waals surface area contributed by atoms with E-state index in [1.54, 1.807) is 0 Å². The van der Waals surface area contributed by atoms with Gasteiger partial charge in [0, 0.05) is 5.92 Å². The Hall–Kier alpha value is -1.39. The highest BCUT2D eigenvalue weighted by atomic mass is 16.4. The first-order chi connectivity index (χ1) is 7.61. The van der Waals surface area contributed by atoms with Crippen molar-refractivity contribution >= 4 is 5.97 Å². The second-order valence-electron chi connectivity index (χ2n) is 4.21. The molecule has 86 valence electrons. The van der Waals surface area contributed by atoms with Gasteiger partial charge in [0.25, 0.3) is 0 Å². The number of carboxylic acid groups (broad SMARTS) is 1. The van der Waals surface area contributed by atoms with E-state index in [2.05, 4.69) is 0 Å². The third-order valence-electron chi connectivity index (χ3n) is 3.27. The van der Waals surface area contributed by atoms with Crippen LogP contribution in [0.3, 0.4) is 0 Å². The van der Waals surface area contributed by atoms with E-state index >= 15 is 0 Å². The first-order valence-electron chi connectivity index (χ1n) is 5.35. The van der Waals surface area contributed by atoms with Crippen molar-refractivity contribution in [3.05, 3.63) is 35.4 Å². The van der Waals surface area contributed by atoms with Crippen molar-refractivity contribution in [1.29, 1.82) is 0 Å². The summed E-state index contributed by atoms with van der Waals surface area (Å²) in [5.41, 5.74) is 7.48. The smallest absolute Gasteiger partial charge is 0.320 e. The number of hydrogen-bond donors (Lipinski definition) is 3. The fraction of sp³-hybridized carbons (Fsp3) is 0.417. The third-order valence-corrected chi connectivity index (χ3v) is 3.27. The van der Waals surface area contributed by atoms with Gasteiger partial charge >= 0.3 is 5.97 Å². The second-order valence-corrected chi connectivity index (χ2v) is 4.21. The van der Waals surface area contributed by atoms with Crippen molar-refractivity contribution in [2.75, 3.05) is 0 Å². The monoisotopic (exact) mass is 221 g/mol. The Labute approximate surface area is 93.7 Å². The molecule has 4 heteroatoms. The fourth-order valence-electron chi connectivity index (χ4n) is 2.32. The minimum atomic E-state index is -1.05. The molecule has 0 radical (unpaired) electrons. The van der Waals surface area contributed by atoms with Gasteiger partial charge in [-0.25, -0.2) is 0 Å². The van der Waals surface area contributed by atoms with Gasteiger partial charge in [-0.3, -0.25) is 4.79 Å². The van der Waals surface area contributed by atoms with Crippen molar-refractivity contribution in [1.82, 2.24) is 0 Å². The van der Waals surface area contributed by atoms with Crippen LogP contribution in [0.4, 0.5) is 0 Å².